The maximum Gasteiger partial charge on any atom is 0.471 e. The highest BCUT2D eigenvalue weighted by atomic mass is 19.4. The van der Waals surface area contributed by atoms with Crippen molar-refractivity contribution < 1.29 is 27.2 Å². The smallest absolute Gasteiger partial charge is 0.381 e. The second kappa shape index (κ2) is 4.97. The summed E-state index contributed by atoms with van der Waals surface area (Å²) in [7, 11) is 0. The van der Waals surface area contributed by atoms with Crippen LogP contribution in [-0.2, 0) is 22.3 Å². The molecule has 2 fully saturated rings. The van der Waals surface area contributed by atoms with Gasteiger partial charge in [0.2, 0.25) is 5.91 Å². The molecule has 2 aliphatic rings. The standard InChI is InChI=1S/C12H14F3N3O3/c13-12(14,15)10-17-8(18-21-10)6-16-9(19)7-5-11(7)1-3-20-4-2-11/h7H,1-6H2,(H,16,19). The first-order valence-corrected chi connectivity index (χ1v) is 6.66. The summed E-state index contributed by atoms with van der Waals surface area (Å²) in [6.45, 7) is 1.15. The van der Waals surface area contributed by atoms with Crippen LogP contribution in [0.15, 0.2) is 4.52 Å². The highest BCUT2D eigenvalue weighted by Gasteiger charge is 2.57. The van der Waals surface area contributed by atoms with Crippen molar-refractivity contribution in [1.82, 2.24) is 15.5 Å². The number of ether oxygens (including phenoxy) is 1. The van der Waals surface area contributed by atoms with Gasteiger partial charge in [0.05, 0.1) is 6.54 Å². The summed E-state index contributed by atoms with van der Waals surface area (Å²) in [5.74, 6) is -1.85. The fourth-order valence-electron chi connectivity index (χ4n) is 2.78. The van der Waals surface area contributed by atoms with Crippen LogP contribution >= 0.6 is 0 Å². The molecule has 21 heavy (non-hydrogen) atoms. The molecule has 1 amide bonds. The molecule has 2 heterocycles. The molecule has 1 atom stereocenters. The zero-order valence-corrected chi connectivity index (χ0v) is 11.1. The van der Waals surface area contributed by atoms with Gasteiger partial charge in [0.1, 0.15) is 0 Å². The van der Waals surface area contributed by atoms with Gasteiger partial charge in [0, 0.05) is 19.1 Å². The minimum atomic E-state index is -4.67. The Labute approximate surface area is 118 Å². The molecule has 1 saturated heterocycles. The van der Waals surface area contributed by atoms with Gasteiger partial charge in [-0.3, -0.25) is 4.79 Å². The molecule has 6 nitrogen and oxygen atoms in total. The molecule has 1 aliphatic heterocycles. The van der Waals surface area contributed by atoms with Crippen molar-refractivity contribution in [2.45, 2.75) is 32.0 Å². The van der Waals surface area contributed by atoms with Crippen molar-refractivity contribution in [3.63, 3.8) is 0 Å². The Bertz CT molecular complexity index is 537. The third-order valence-electron chi connectivity index (χ3n) is 4.13. The predicted octanol–water partition coefficient (Wildman–Crippen LogP) is 1.52. The Morgan fingerprint density at radius 2 is 2.10 bits per heavy atom. The van der Waals surface area contributed by atoms with Gasteiger partial charge < -0.3 is 14.6 Å². The first kappa shape index (κ1) is 14.3. The molecule has 1 N–H and O–H groups in total. The van der Waals surface area contributed by atoms with Crippen LogP contribution in [0.4, 0.5) is 13.2 Å². The zero-order valence-electron chi connectivity index (χ0n) is 11.1. The minimum Gasteiger partial charge on any atom is -0.381 e. The predicted molar refractivity (Wildman–Crippen MR) is 61.7 cm³/mol. The number of amides is 1. The molecule has 1 aliphatic carbocycles. The van der Waals surface area contributed by atoms with Crippen LogP contribution in [0, 0.1) is 11.3 Å². The van der Waals surface area contributed by atoms with E-state index in [0.717, 1.165) is 19.3 Å². The van der Waals surface area contributed by atoms with Gasteiger partial charge in [-0.2, -0.15) is 18.2 Å². The van der Waals surface area contributed by atoms with Crippen molar-refractivity contribution in [2.24, 2.45) is 11.3 Å². The lowest BCUT2D eigenvalue weighted by Crippen LogP contribution is -2.29. The first-order valence-electron chi connectivity index (χ1n) is 6.66. The van der Waals surface area contributed by atoms with E-state index in [1.165, 1.54) is 0 Å². The van der Waals surface area contributed by atoms with E-state index in [2.05, 4.69) is 20.0 Å². The van der Waals surface area contributed by atoms with E-state index in [4.69, 9.17) is 4.74 Å². The van der Waals surface area contributed by atoms with Crippen molar-refractivity contribution in [3.05, 3.63) is 11.7 Å². The number of hydrogen-bond acceptors (Lipinski definition) is 5. The Morgan fingerprint density at radius 3 is 2.71 bits per heavy atom. The van der Waals surface area contributed by atoms with Gasteiger partial charge in [-0.15, -0.1) is 0 Å². The minimum absolute atomic E-state index is 0.0245. The van der Waals surface area contributed by atoms with Crippen LogP contribution in [0.1, 0.15) is 31.0 Å². The number of nitrogens with zero attached hydrogens (tertiary/aromatic N) is 2. The van der Waals surface area contributed by atoms with Gasteiger partial charge in [-0.25, -0.2) is 0 Å². The van der Waals surface area contributed by atoms with E-state index in [-0.39, 0.29) is 29.6 Å². The van der Waals surface area contributed by atoms with E-state index in [1.54, 1.807) is 0 Å². The highest BCUT2D eigenvalue weighted by molar-refractivity contribution is 5.82. The third kappa shape index (κ3) is 2.87. The topological polar surface area (TPSA) is 77.3 Å². The van der Waals surface area contributed by atoms with Gasteiger partial charge in [-0.05, 0) is 24.7 Å². The number of alkyl halides is 3. The average molecular weight is 305 g/mol. The summed E-state index contributed by atoms with van der Waals surface area (Å²) < 4.78 is 46.2. The maximum atomic E-state index is 12.3. The zero-order chi connectivity index (χ0) is 15.1. The number of nitrogens with one attached hydrogen (secondary N) is 1. The first-order chi connectivity index (χ1) is 9.91. The van der Waals surface area contributed by atoms with Crippen LogP contribution in [0.5, 0.6) is 0 Å². The van der Waals surface area contributed by atoms with Crippen molar-refractivity contribution in [3.8, 4) is 0 Å². The normalized spacial score (nSPS) is 24.0. The van der Waals surface area contributed by atoms with Crippen LogP contribution in [0.25, 0.3) is 0 Å². The van der Waals surface area contributed by atoms with E-state index in [1.807, 2.05) is 0 Å². The summed E-state index contributed by atoms with van der Waals surface area (Å²) in [6, 6.07) is 0. The monoisotopic (exact) mass is 305 g/mol. The molecule has 0 bridgehead atoms. The fourth-order valence-corrected chi connectivity index (χ4v) is 2.78. The molecular formula is C12H14F3N3O3. The number of carbonyl (C=O) groups is 1. The maximum absolute atomic E-state index is 12.3. The number of rotatable bonds is 3. The molecule has 1 saturated carbocycles. The summed E-state index contributed by atoms with van der Waals surface area (Å²) >= 11 is 0. The van der Waals surface area contributed by atoms with E-state index >= 15 is 0 Å². The number of carbonyl (C=O) groups excluding carboxylic acids is 1. The average Bonchev–Trinajstić information content (AvgIpc) is 2.91. The van der Waals surface area contributed by atoms with E-state index in [9.17, 15) is 18.0 Å². The number of halogens is 3. The van der Waals surface area contributed by atoms with Crippen molar-refractivity contribution >= 4 is 5.91 Å². The summed E-state index contributed by atoms with van der Waals surface area (Å²) in [4.78, 5) is 15.2. The molecule has 1 unspecified atom stereocenters. The summed E-state index contributed by atoms with van der Waals surface area (Å²) in [6.07, 6.45) is -2.16. The number of aromatic nitrogens is 2. The molecule has 0 radical (unpaired) electrons. The number of hydrogen-bond donors (Lipinski definition) is 1. The Balaban J connectivity index is 1.52. The molecule has 1 spiro atoms. The van der Waals surface area contributed by atoms with Crippen molar-refractivity contribution in [2.75, 3.05) is 13.2 Å². The van der Waals surface area contributed by atoms with Crippen LogP contribution in [0.3, 0.4) is 0 Å². The molecular weight excluding hydrogens is 291 g/mol. The van der Waals surface area contributed by atoms with Gasteiger partial charge in [0.15, 0.2) is 5.82 Å². The SMILES string of the molecule is O=C(NCc1noc(C(F)(F)F)n1)C1CC12CCOCC2. The van der Waals surface area contributed by atoms with Crippen molar-refractivity contribution in [1.29, 1.82) is 0 Å². The Hall–Kier alpha value is -1.64. The van der Waals surface area contributed by atoms with Gasteiger partial charge in [-0.1, -0.05) is 5.16 Å². The fraction of sp³-hybridized carbons (Fsp3) is 0.750. The molecule has 116 valence electrons. The van der Waals surface area contributed by atoms with Crippen LogP contribution in [-0.4, -0.2) is 29.3 Å². The van der Waals surface area contributed by atoms with Crippen LogP contribution in [0.2, 0.25) is 0 Å². The second-order valence-corrected chi connectivity index (χ2v) is 5.46. The Morgan fingerprint density at radius 1 is 1.38 bits per heavy atom. The quantitative estimate of drug-likeness (QED) is 0.916. The molecule has 1 aromatic heterocycles. The molecule has 9 heteroatoms. The Kier molecular flexibility index (Phi) is 3.39. The van der Waals surface area contributed by atoms with Gasteiger partial charge >= 0.3 is 12.1 Å². The lowest BCUT2D eigenvalue weighted by atomic mass is 9.93. The van der Waals surface area contributed by atoms with Gasteiger partial charge in [0.25, 0.3) is 0 Å². The third-order valence-corrected chi connectivity index (χ3v) is 4.13. The lowest BCUT2D eigenvalue weighted by Gasteiger charge is -2.22. The van der Waals surface area contributed by atoms with E-state index in [0.29, 0.717) is 13.2 Å². The lowest BCUT2D eigenvalue weighted by molar-refractivity contribution is -0.159. The summed E-state index contributed by atoms with van der Waals surface area (Å²) in [5.41, 5.74) is 0.0245. The molecule has 1 aromatic rings. The summed E-state index contributed by atoms with van der Waals surface area (Å²) in [5, 5.41) is 5.76. The highest BCUT2D eigenvalue weighted by Crippen LogP contribution is 2.59. The largest absolute Gasteiger partial charge is 0.471 e. The molecule has 3 rings (SSSR count). The molecule has 0 aromatic carbocycles. The second-order valence-electron chi connectivity index (χ2n) is 5.46. The van der Waals surface area contributed by atoms with E-state index < -0.39 is 12.1 Å². The van der Waals surface area contributed by atoms with Crippen LogP contribution < -0.4 is 5.32 Å².